The van der Waals surface area contributed by atoms with Gasteiger partial charge in [0.1, 0.15) is 12.1 Å². The van der Waals surface area contributed by atoms with E-state index in [9.17, 15) is 4.79 Å². The van der Waals surface area contributed by atoms with Crippen LogP contribution in [0.4, 0.5) is 0 Å². The Balaban J connectivity index is 1.93. The average molecular weight is 260 g/mol. The highest BCUT2D eigenvalue weighted by Gasteiger charge is 2.09. The summed E-state index contributed by atoms with van der Waals surface area (Å²) in [7, 11) is 0. The highest BCUT2D eigenvalue weighted by atomic mass is 32.1. The summed E-state index contributed by atoms with van der Waals surface area (Å²) < 4.78 is 0. The van der Waals surface area contributed by atoms with Gasteiger partial charge in [0.15, 0.2) is 0 Å². The molecule has 2 N–H and O–H groups in total. The van der Waals surface area contributed by atoms with Crippen LogP contribution in [0.5, 0.6) is 0 Å². The number of carbonyl (C=O) groups is 1. The van der Waals surface area contributed by atoms with Crippen LogP contribution < -0.4 is 5.32 Å². The van der Waals surface area contributed by atoms with Crippen LogP contribution in [0.25, 0.3) is 10.6 Å². The number of amides is 1. The van der Waals surface area contributed by atoms with Crippen LogP contribution in [-0.4, -0.2) is 22.4 Å². The Morgan fingerprint density at radius 1 is 1.61 bits per heavy atom. The van der Waals surface area contributed by atoms with Gasteiger partial charge in [-0.1, -0.05) is 6.07 Å². The first-order valence-electron chi connectivity index (χ1n) is 5.51. The van der Waals surface area contributed by atoms with E-state index < -0.39 is 0 Å². The first kappa shape index (κ1) is 12.3. The van der Waals surface area contributed by atoms with E-state index in [2.05, 4.69) is 15.3 Å². The largest absolute Gasteiger partial charge is 0.355 e. The summed E-state index contributed by atoms with van der Waals surface area (Å²) in [6.45, 7) is 0.501. The lowest BCUT2D eigenvalue weighted by atomic mass is 10.2. The van der Waals surface area contributed by atoms with Crippen molar-refractivity contribution in [1.82, 2.24) is 15.3 Å². The lowest BCUT2D eigenvalue weighted by Gasteiger charge is -2.02. The van der Waals surface area contributed by atoms with Crippen LogP contribution in [0.15, 0.2) is 23.8 Å². The molecule has 0 radical (unpaired) electrons. The molecule has 0 spiro atoms. The molecule has 1 amide bonds. The summed E-state index contributed by atoms with van der Waals surface area (Å²) in [5.41, 5.74) is 1.93. The summed E-state index contributed by atoms with van der Waals surface area (Å²) in [6, 6.07) is 5.81. The minimum absolute atomic E-state index is 0.0965. The minimum Gasteiger partial charge on any atom is -0.355 e. The second kappa shape index (κ2) is 5.98. The van der Waals surface area contributed by atoms with Crippen LogP contribution in [0.2, 0.25) is 0 Å². The maximum atomic E-state index is 11.1. The Hall–Kier alpha value is -2.13. The molecular weight excluding hydrogens is 248 g/mol. The number of aromatic nitrogens is 2. The van der Waals surface area contributed by atoms with E-state index in [0.717, 1.165) is 16.3 Å². The van der Waals surface area contributed by atoms with E-state index in [4.69, 9.17) is 5.26 Å². The van der Waals surface area contributed by atoms with Crippen LogP contribution in [-0.2, 0) is 11.2 Å². The third-order valence-electron chi connectivity index (χ3n) is 2.41. The fourth-order valence-electron chi connectivity index (χ4n) is 1.60. The van der Waals surface area contributed by atoms with Crippen molar-refractivity contribution in [1.29, 1.82) is 5.26 Å². The Morgan fingerprint density at radius 3 is 3.22 bits per heavy atom. The van der Waals surface area contributed by atoms with Crippen molar-refractivity contribution in [2.75, 3.05) is 6.54 Å². The predicted octanol–water partition coefficient (Wildman–Crippen LogP) is 1.71. The molecule has 2 aromatic rings. The fourth-order valence-corrected chi connectivity index (χ4v) is 2.35. The summed E-state index contributed by atoms with van der Waals surface area (Å²) in [4.78, 5) is 19.6. The number of rotatable bonds is 5. The summed E-state index contributed by atoms with van der Waals surface area (Å²) in [6.07, 6.45) is 2.23. The van der Waals surface area contributed by atoms with Crippen LogP contribution in [0.1, 0.15) is 12.1 Å². The van der Waals surface area contributed by atoms with Gasteiger partial charge in [-0.15, -0.1) is 11.3 Å². The van der Waals surface area contributed by atoms with Gasteiger partial charge in [0.25, 0.3) is 0 Å². The number of aromatic amines is 1. The van der Waals surface area contributed by atoms with Crippen LogP contribution in [0.3, 0.4) is 0 Å². The molecule has 0 aromatic carbocycles. The van der Waals surface area contributed by atoms with Gasteiger partial charge in [-0.25, -0.2) is 4.98 Å². The number of hydrogen-bond acceptors (Lipinski definition) is 4. The molecule has 0 aliphatic carbocycles. The number of imidazole rings is 1. The second-order valence-electron chi connectivity index (χ2n) is 3.64. The van der Waals surface area contributed by atoms with E-state index in [0.29, 0.717) is 13.0 Å². The van der Waals surface area contributed by atoms with Gasteiger partial charge >= 0.3 is 0 Å². The summed E-state index contributed by atoms with van der Waals surface area (Å²) >= 11 is 1.63. The second-order valence-corrected chi connectivity index (χ2v) is 4.59. The molecule has 2 aromatic heterocycles. The fraction of sp³-hybridized carbons (Fsp3) is 0.250. The normalized spacial score (nSPS) is 9.94. The first-order chi connectivity index (χ1) is 8.81. The Morgan fingerprint density at radius 2 is 2.50 bits per heavy atom. The quantitative estimate of drug-likeness (QED) is 0.858. The average Bonchev–Trinajstić information content (AvgIpc) is 2.98. The monoisotopic (exact) mass is 260 g/mol. The van der Waals surface area contributed by atoms with Gasteiger partial charge in [-0.2, -0.15) is 5.26 Å². The molecule has 6 heteroatoms. The molecule has 5 nitrogen and oxygen atoms in total. The molecule has 0 saturated heterocycles. The highest BCUT2D eigenvalue weighted by molar-refractivity contribution is 7.13. The zero-order valence-electron chi connectivity index (χ0n) is 9.64. The molecule has 0 aliphatic rings. The maximum Gasteiger partial charge on any atom is 0.234 e. The number of thiophene rings is 1. The third-order valence-corrected chi connectivity index (χ3v) is 3.29. The van der Waals surface area contributed by atoms with E-state index in [1.54, 1.807) is 17.7 Å². The molecule has 0 bridgehead atoms. The zero-order chi connectivity index (χ0) is 12.8. The van der Waals surface area contributed by atoms with Gasteiger partial charge in [0.2, 0.25) is 5.91 Å². The van der Waals surface area contributed by atoms with Crippen molar-refractivity contribution in [3.63, 3.8) is 0 Å². The van der Waals surface area contributed by atoms with Crippen molar-refractivity contribution in [3.05, 3.63) is 29.5 Å². The molecule has 0 fully saturated rings. The van der Waals surface area contributed by atoms with E-state index in [1.807, 2.05) is 23.6 Å². The van der Waals surface area contributed by atoms with E-state index in [-0.39, 0.29) is 12.3 Å². The molecule has 18 heavy (non-hydrogen) atoms. The molecular formula is C12H12N4OS. The summed E-state index contributed by atoms with van der Waals surface area (Å²) in [5, 5.41) is 13.1. The smallest absolute Gasteiger partial charge is 0.234 e. The molecule has 2 heterocycles. The van der Waals surface area contributed by atoms with Crippen LogP contribution >= 0.6 is 11.3 Å². The Kier molecular flexibility index (Phi) is 4.10. The molecule has 2 rings (SSSR count). The van der Waals surface area contributed by atoms with Gasteiger partial charge in [0, 0.05) is 18.7 Å². The van der Waals surface area contributed by atoms with E-state index in [1.165, 1.54) is 0 Å². The standard InChI is InChI=1S/C12H12N4OS/c13-5-3-11(17)14-6-4-9-12(16-8-15-9)10-2-1-7-18-10/h1-2,7-8H,3-4,6H2,(H,14,17)(H,15,16). The zero-order valence-corrected chi connectivity index (χ0v) is 10.5. The van der Waals surface area contributed by atoms with Crippen LogP contribution in [0, 0.1) is 11.3 Å². The van der Waals surface area contributed by atoms with Crippen molar-refractivity contribution in [2.45, 2.75) is 12.8 Å². The SMILES string of the molecule is N#CCC(=O)NCCc1[nH]cnc1-c1cccs1. The van der Waals surface area contributed by atoms with Gasteiger partial charge in [-0.05, 0) is 11.4 Å². The molecule has 0 saturated carbocycles. The summed E-state index contributed by atoms with van der Waals surface area (Å²) in [5.74, 6) is -0.241. The lowest BCUT2D eigenvalue weighted by Crippen LogP contribution is -2.25. The topological polar surface area (TPSA) is 81.6 Å². The molecule has 0 unspecified atom stereocenters. The minimum atomic E-state index is -0.241. The number of carbonyl (C=O) groups excluding carboxylic acids is 1. The van der Waals surface area contributed by atoms with Crippen molar-refractivity contribution >= 4 is 17.2 Å². The first-order valence-corrected chi connectivity index (χ1v) is 6.39. The predicted molar refractivity (Wildman–Crippen MR) is 68.8 cm³/mol. The number of nitrogens with zero attached hydrogens (tertiary/aromatic N) is 2. The number of hydrogen-bond donors (Lipinski definition) is 2. The molecule has 92 valence electrons. The third kappa shape index (κ3) is 2.96. The maximum absolute atomic E-state index is 11.1. The Bertz CT molecular complexity index is 553. The van der Waals surface area contributed by atoms with Crippen molar-refractivity contribution in [3.8, 4) is 16.6 Å². The number of nitrogens with one attached hydrogen (secondary N) is 2. The van der Waals surface area contributed by atoms with Crippen molar-refractivity contribution < 1.29 is 4.79 Å². The number of nitriles is 1. The molecule has 0 atom stereocenters. The van der Waals surface area contributed by atoms with Gasteiger partial charge < -0.3 is 10.3 Å². The van der Waals surface area contributed by atoms with Gasteiger partial charge in [0.05, 0.1) is 17.3 Å². The highest BCUT2D eigenvalue weighted by Crippen LogP contribution is 2.25. The Labute approximate surface area is 108 Å². The lowest BCUT2D eigenvalue weighted by molar-refractivity contribution is -0.120. The van der Waals surface area contributed by atoms with Crippen molar-refractivity contribution in [2.24, 2.45) is 0 Å². The van der Waals surface area contributed by atoms with Gasteiger partial charge in [-0.3, -0.25) is 4.79 Å². The van der Waals surface area contributed by atoms with E-state index >= 15 is 0 Å². The number of H-pyrrole nitrogens is 1. The molecule has 0 aliphatic heterocycles.